The number of nitrogens with zero attached hydrogens (tertiary/aromatic N) is 4. The number of carbonyl (C=O) groups excluding carboxylic acids is 1. The van der Waals surface area contributed by atoms with Crippen molar-refractivity contribution in [3.63, 3.8) is 0 Å². The van der Waals surface area contributed by atoms with Crippen LogP contribution in [0.1, 0.15) is 28.1 Å². The molecule has 0 radical (unpaired) electrons. The molecule has 0 unspecified atom stereocenters. The number of aromatic nitrogens is 1. The van der Waals surface area contributed by atoms with Crippen molar-refractivity contribution < 1.29 is 4.79 Å². The summed E-state index contributed by atoms with van der Waals surface area (Å²) in [7, 11) is 0. The van der Waals surface area contributed by atoms with Crippen LogP contribution in [0.3, 0.4) is 0 Å². The molecular formula is C29H23N5OS. The van der Waals surface area contributed by atoms with E-state index in [1.54, 1.807) is 6.08 Å². The Morgan fingerprint density at radius 3 is 2.50 bits per heavy atom. The topological polar surface area (TPSA) is 73.8 Å². The Morgan fingerprint density at radius 2 is 1.69 bits per heavy atom. The van der Waals surface area contributed by atoms with E-state index in [1.165, 1.54) is 22.2 Å². The number of hydrogen-bond donors (Lipinski definition) is 1. The first-order valence-electron chi connectivity index (χ1n) is 11.6. The van der Waals surface area contributed by atoms with Crippen LogP contribution < -0.4 is 0 Å². The number of aliphatic imine (C=N–C) groups is 1. The van der Waals surface area contributed by atoms with Gasteiger partial charge in [-0.2, -0.15) is 15.1 Å². The van der Waals surface area contributed by atoms with Gasteiger partial charge in [-0.25, -0.2) is 0 Å². The number of hydrogen-bond acceptors (Lipinski definition) is 4. The summed E-state index contributed by atoms with van der Waals surface area (Å²) in [5.74, 6) is -0.386. The summed E-state index contributed by atoms with van der Waals surface area (Å²) < 4.78 is 2.19. The SMILES string of the molecule is Cc1ccc(C2=NN3C(=N)/C(=C/c4cc(C)n(-c5cccc6ccccc56)c4C)C(=O)N=C3S2)cc1. The first kappa shape index (κ1) is 22.2. The highest BCUT2D eigenvalue weighted by molar-refractivity contribution is 8.27. The van der Waals surface area contributed by atoms with Gasteiger partial charge in [-0.15, -0.1) is 0 Å². The number of rotatable bonds is 3. The van der Waals surface area contributed by atoms with Crippen LogP contribution in [0.4, 0.5) is 0 Å². The lowest BCUT2D eigenvalue weighted by Crippen LogP contribution is -2.35. The van der Waals surface area contributed by atoms with Crippen molar-refractivity contribution in [2.75, 3.05) is 0 Å². The lowest BCUT2D eigenvalue weighted by Gasteiger charge is -2.20. The fraction of sp³-hybridized carbons (Fsp3) is 0.103. The predicted octanol–water partition coefficient (Wildman–Crippen LogP) is 6.22. The van der Waals surface area contributed by atoms with Crippen molar-refractivity contribution in [3.05, 3.63) is 106 Å². The average Bonchev–Trinajstić information content (AvgIpc) is 3.42. The average molecular weight is 490 g/mol. The third-order valence-corrected chi connectivity index (χ3v) is 7.49. The van der Waals surface area contributed by atoms with E-state index in [2.05, 4.69) is 51.9 Å². The Labute approximate surface area is 213 Å². The molecule has 36 heavy (non-hydrogen) atoms. The zero-order valence-electron chi connectivity index (χ0n) is 20.1. The summed E-state index contributed by atoms with van der Waals surface area (Å²) in [6.45, 7) is 6.12. The third-order valence-electron chi connectivity index (χ3n) is 6.53. The number of aryl methyl sites for hydroxylation is 2. The maximum absolute atomic E-state index is 13.0. The van der Waals surface area contributed by atoms with Crippen molar-refractivity contribution in [2.45, 2.75) is 20.8 Å². The van der Waals surface area contributed by atoms with E-state index in [0.717, 1.165) is 44.2 Å². The Morgan fingerprint density at radius 1 is 0.944 bits per heavy atom. The molecule has 0 atom stereocenters. The Bertz CT molecular complexity index is 1670. The van der Waals surface area contributed by atoms with Crippen LogP contribution in [0.15, 0.2) is 88.5 Å². The first-order valence-corrected chi connectivity index (χ1v) is 12.5. The maximum atomic E-state index is 13.0. The summed E-state index contributed by atoms with van der Waals surface area (Å²) in [4.78, 5) is 17.3. The molecule has 0 fully saturated rings. The van der Waals surface area contributed by atoms with Crippen LogP contribution in [0.5, 0.6) is 0 Å². The number of carbonyl (C=O) groups is 1. The first-order chi connectivity index (χ1) is 17.4. The van der Waals surface area contributed by atoms with E-state index in [-0.39, 0.29) is 11.4 Å². The van der Waals surface area contributed by atoms with Crippen LogP contribution in [-0.4, -0.2) is 31.5 Å². The van der Waals surface area contributed by atoms with Gasteiger partial charge in [0.25, 0.3) is 5.91 Å². The second-order valence-corrected chi connectivity index (χ2v) is 9.91. The van der Waals surface area contributed by atoms with Gasteiger partial charge in [-0.3, -0.25) is 10.2 Å². The minimum absolute atomic E-state index is 0.0366. The Balaban J connectivity index is 1.39. The molecule has 6 nitrogen and oxygen atoms in total. The highest BCUT2D eigenvalue weighted by Crippen LogP contribution is 2.33. The fourth-order valence-corrected chi connectivity index (χ4v) is 5.56. The largest absolute Gasteiger partial charge is 0.317 e. The molecule has 176 valence electrons. The lowest BCUT2D eigenvalue weighted by molar-refractivity contribution is -0.114. The molecule has 0 spiro atoms. The van der Waals surface area contributed by atoms with Gasteiger partial charge in [0.2, 0.25) is 5.17 Å². The Kier molecular flexibility index (Phi) is 5.23. The highest BCUT2D eigenvalue weighted by atomic mass is 32.2. The number of hydrazone groups is 1. The van der Waals surface area contributed by atoms with Crippen LogP contribution in [0.25, 0.3) is 22.5 Å². The molecule has 0 aliphatic carbocycles. The molecule has 1 N–H and O–H groups in total. The summed E-state index contributed by atoms with van der Waals surface area (Å²) >= 11 is 1.31. The van der Waals surface area contributed by atoms with E-state index in [0.29, 0.717) is 5.17 Å². The second-order valence-electron chi connectivity index (χ2n) is 8.95. The van der Waals surface area contributed by atoms with E-state index >= 15 is 0 Å². The minimum atomic E-state index is -0.422. The van der Waals surface area contributed by atoms with Crippen molar-refractivity contribution >= 4 is 50.6 Å². The standard InChI is InChI=1S/C29H23N5OS/c1-17-11-13-21(14-12-17)28-32-34-26(30)24(27(35)31-29(34)36-28)16-22-15-18(2)33(19(22)3)25-10-6-8-20-7-4-5-9-23(20)25/h4-16,30H,1-3H3/b24-16-,30-26?. The molecule has 0 saturated heterocycles. The summed E-state index contributed by atoms with van der Waals surface area (Å²) in [6, 6.07) is 24.6. The van der Waals surface area contributed by atoms with Gasteiger partial charge < -0.3 is 4.57 Å². The van der Waals surface area contributed by atoms with Gasteiger partial charge in [-0.1, -0.05) is 66.2 Å². The lowest BCUT2D eigenvalue weighted by atomic mass is 10.1. The van der Waals surface area contributed by atoms with E-state index in [1.807, 2.05) is 56.3 Å². The van der Waals surface area contributed by atoms with Gasteiger partial charge >= 0.3 is 0 Å². The smallest absolute Gasteiger partial charge is 0.283 e. The van der Waals surface area contributed by atoms with Crippen molar-refractivity contribution in [1.82, 2.24) is 9.58 Å². The van der Waals surface area contributed by atoms with E-state index in [9.17, 15) is 4.79 Å². The molecule has 2 aliphatic heterocycles. The monoisotopic (exact) mass is 489 g/mol. The molecule has 3 heterocycles. The molecule has 1 amide bonds. The number of fused-ring (bicyclic) bond motifs is 2. The number of benzene rings is 3. The molecule has 7 heteroatoms. The number of amides is 1. The van der Waals surface area contributed by atoms with Crippen LogP contribution in [0, 0.1) is 26.2 Å². The van der Waals surface area contributed by atoms with Crippen LogP contribution >= 0.6 is 11.8 Å². The summed E-state index contributed by atoms with van der Waals surface area (Å²) in [5, 5.41) is 18.3. The molecule has 0 bridgehead atoms. The maximum Gasteiger partial charge on any atom is 0.283 e. The van der Waals surface area contributed by atoms with Crippen molar-refractivity contribution in [2.24, 2.45) is 10.1 Å². The second kappa shape index (κ2) is 8.46. The number of nitrogens with one attached hydrogen (secondary N) is 1. The van der Waals surface area contributed by atoms with Gasteiger partial charge in [-0.05, 0) is 61.7 Å². The molecular weight excluding hydrogens is 466 g/mol. The van der Waals surface area contributed by atoms with Crippen LogP contribution in [0.2, 0.25) is 0 Å². The quantitative estimate of drug-likeness (QED) is 0.347. The van der Waals surface area contributed by atoms with E-state index < -0.39 is 5.91 Å². The predicted molar refractivity (Wildman–Crippen MR) is 148 cm³/mol. The Hall–Kier alpha value is -4.23. The van der Waals surface area contributed by atoms with Gasteiger partial charge in [0.05, 0.1) is 11.3 Å². The summed E-state index contributed by atoms with van der Waals surface area (Å²) in [6.07, 6.45) is 1.76. The third kappa shape index (κ3) is 3.60. The number of thioether (sulfide) groups is 1. The zero-order valence-corrected chi connectivity index (χ0v) is 20.9. The van der Waals surface area contributed by atoms with Crippen molar-refractivity contribution in [1.29, 1.82) is 5.41 Å². The normalized spacial score (nSPS) is 16.5. The minimum Gasteiger partial charge on any atom is -0.317 e. The van der Waals surface area contributed by atoms with Gasteiger partial charge in [0.15, 0.2) is 5.84 Å². The van der Waals surface area contributed by atoms with Crippen molar-refractivity contribution in [3.8, 4) is 5.69 Å². The molecule has 0 saturated carbocycles. The highest BCUT2D eigenvalue weighted by Gasteiger charge is 2.36. The molecule has 1 aromatic heterocycles. The molecule has 6 rings (SSSR count). The molecule has 2 aliphatic rings. The fourth-order valence-electron chi connectivity index (χ4n) is 4.67. The number of amidine groups is 2. The van der Waals surface area contributed by atoms with Crippen LogP contribution in [-0.2, 0) is 4.79 Å². The molecule has 3 aromatic carbocycles. The van der Waals surface area contributed by atoms with Gasteiger partial charge in [0, 0.05) is 22.3 Å². The summed E-state index contributed by atoms with van der Waals surface area (Å²) in [5.41, 5.74) is 6.32. The van der Waals surface area contributed by atoms with Gasteiger partial charge in [0.1, 0.15) is 5.04 Å². The van der Waals surface area contributed by atoms with E-state index in [4.69, 9.17) is 5.41 Å². The zero-order chi connectivity index (χ0) is 25.0. The molecule has 4 aromatic rings.